The van der Waals surface area contributed by atoms with Crippen LogP contribution in [-0.4, -0.2) is 29.3 Å². The monoisotopic (exact) mass is 260 g/mol. The van der Waals surface area contributed by atoms with Crippen LogP contribution < -0.4 is 4.90 Å². The van der Waals surface area contributed by atoms with Gasteiger partial charge in [-0.15, -0.1) is 0 Å². The van der Waals surface area contributed by atoms with E-state index in [0.29, 0.717) is 18.9 Å². The van der Waals surface area contributed by atoms with Gasteiger partial charge in [0.1, 0.15) is 5.82 Å². The number of aliphatic hydroxyl groups excluding tert-OH is 1. The van der Waals surface area contributed by atoms with Crippen LogP contribution in [0.5, 0.6) is 0 Å². The van der Waals surface area contributed by atoms with Gasteiger partial charge in [-0.2, -0.15) is 13.2 Å². The average molecular weight is 260 g/mol. The molecule has 0 aliphatic carbocycles. The fourth-order valence-electron chi connectivity index (χ4n) is 2.13. The number of hydrogen-bond acceptors (Lipinski definition) is 3. The van der Waals surface area contributed by atoms with Gasteiger partial charge < -0.3 is 10.0 Å². The summed E-state index contributed by atoms with van der Waals surface area (Å²) >= 11 is 0. The fraction of sp³-hybridized carbons (Fsp3) is 0.583. The number of hydrogen-bond donors (Lipinski definition) is 1. The Hall–Kier alpha value is -1.30. The van der Waals surface area contributed by atoms with E-state index >= 15 is 0 Å². The molecule has 1 saturated heterocycles. The van der Waals surface area contributed by atoms with Crippen molar-refractivity contribution in [2.45, 2.75) is 25.6 Å². The third-order valence-corrected chi connectivity index (χ3v) is 3.31. The molecule has 1 aliphatic rings. The SMILES string of the molecule is CC(O)C1CCN(c2ccc(C(F)(F)F)cn2)C1. The van der Waals surface area contributed by atoms with E-state index in [4.69, 9.17) is 0 Å². The molecule has 100 valence electrons. The third-order valence-electron chi connectivity index (χ3n) is 3.31. The maximum absolute atomic E-state index is 12.4. The van der Waals surface area contributed by atoms with E-state index in [1.54, 1.807) is 6.92 Å². The largest absolute Gasteiger partial charge is 0.417 e. The van der Waals surface area contributed by atoms with Gasteiger partial charge in [-0.05, 0) is 25.5 Å². The lowest BCUT2D eigenvalue weighted by molar-refractivity contribution is -0.137. The fourth-order valence-corrected chi connectivity index (χ4v) is 2.13. The van der Waals surface area contributed by atoms with E-state index in [1.165, 1.54) is 6.07 Å². The van der Waals surface area contributed by atoms with Crippen LogP contribution in [0.1, 0.15) is 18.9 Å². The Kier molecular flexibility index (Phi) is 3.47. The Morgan fingerprint density at radius 3 is 2.61 bits per heavy atom. The number of aromatic nitrogens is 1. The van der Waals surface area contributed by atoms with Gasteiger partial charge in [0, 0.05) is 25.2 Å². The summed E-state index contributed by atoms with van der Waals surface area (Å²) in [6.07, 6.45) is -3.06. The van der Waals surface area contributed by atoms with Gasteiger partial charge in [0.15, 0.2) is 0 Å². The van der Waals surface area contributed by atoms with E-state index < -0.39 is 17.8 Å². The smallest absolute Gasteiger partial charge is 0.393 e. The zero-order valence-corrected chi connectivity index (χ0v) is 9.98. The van der Waals surface area contributed by atoms with Crippen molar-refractivity contribution in [1.29, 1.82) is 0 Å². The Morgan fingerprint density at radius 1 is 1.44 bits per heavy atom. The Morgan fingerprint density at radius 2 is 2.17 bits per heavy atom. The molecule has 0 radical (unpaired) electrons. The average Bonchev–Trinajstić information content (AvgIpc) is 2.77. The zero-order valence-electron chi connectivity index (χ0n) is 9.98. The lowest BCUT2D eigenvalue weighted by Gasteiger charge is -2.19. The first-order valence-corrected chi connectivity index (χ1v) is 5.84. The molecule has 2 rings (SSSR count). The maximum Gasteiger partial charge on any atom is 0.417 e. The van der Waals surface area contributed by atoms with E-state index in [9.17, 15) is 18.3 Å². The van der Waals surface area contributed by atoms with Gasteiger partial charge in [0.25, 0.3) is 0 Å². The molecular weight excluding hydrogens is 245 g/mol. The predicted octanol–water partition coefficient (Wildman–Crippen LogP) is 2.31. The molecule has 18 heavy (non-hydrogen) atoms. The predicted molar refractivity (Wildman–Crippen MR) is 61.2 cm³/mol. The van der Waals surface area contributed by atoms with Gasteiger partial charge in [-0.1, -0.05) is 0 Å². The topological polar surface area (TPSA) is 36.4 Å². The van der Waals surface area contributed by atoms with Crippen molar-refractivity contribution in [3.05, 3.63) is 23.9 Å². The molecule has 0 aromatic carbocycles. The van der Waals surface area contributed by atoms with Gasteiger partial charge in [0.05, 0.1) is 11.7 Å². The van der Waals surface area contributed by atoms with Crippen LogP contribution in [-0.2, 0) is 6.18 Å². The molecule has 1 aromatic heterocycles. The second kappa shape index (κ2) is 4.76. The van der Waals surface area contributed by atoms with Crippen LogP contribution in [0.15, 0.2) is 18.3 Å². The molecule has 3 nitrogen and oxygen atoms in total. The van der Waals surface area contributed by atoms with Crippen molar-refractivity contribution in [2.75, 3.05) is 18.0 Å². The number of aliphatic hydroxyl groups is 1. The van der Waals surface area contributed by atoms with Crippen molar-refractivity contribution in [2.24, 2.45) is 5.92 Å². The Labute approximate surface area is 103 Å². The Bertz CT molecular complexity index is 403. The number of halogens is 3. The van der Waals surface area contributed by atoms with Gasteiger partial charge >= 0.3 is 6.18 Å². The minimum atomic E-state index is -4.35. The van der Waals surface area contributed by atoms with Gasteiger partial charge in [-0.3, -0.25) is 0 Å². The molecule has 2 unspecified atom stereocenters. The van der Waals surface area contributed by atoms with Crippen molar-refractivity contribution < 1.29 is 18.3 Å². The Balaban J connectivity index is 2.07. The molecule has 2 heterocycles. The lowest BCUT2D eigenvalue weighted by Crippen LogP contribution is -2.24. The summed E-state index contributed by atoms with van der Waals surface area (Å²) in [7, 11) is 0. The molecule has 0 bridgehead atoms. The van der Waals surface area contributed by atoms with Crippen molar-refractivity contribution in [3.8, 4) is 0 Å². The molecule has 1 aliphatic heterocycles. The molecule has 0 amide bonds. The quantitative estimate of drug-likeness (QED) is 0.886. The number of anilines is 1. The summed E-state index contributed by atoms with van der Waals surface area (Å²) in [6.45, 7) is 3.08. The van der Waals surface area contributed by atoms with Crippen molar-refractivity contribution in [1.82, 2.24) is 4.98 Å². The summed E-state index contributed by atoms with van der Waals surface area (Å²) < 4.78 is 37.1. The molecule has 0 saturated carbocycles. The second-order valence-electron chi connectivity index (χ2n) is 4.64. The normalized spacial score (nSPS) is 22.3. The van der Waals surface area contributed by atoms with Gasteiger partial charge in [-0.25, -0.2) is 4.98 Å². The number of alkyl halides is 3. The van der Waals surface area contributed by atoms with Crippen LogP contribution >= 0.6 is 0 Å². The minimum absolute atomic E-state index is 0.161. The third kappa shape index (κ3) is 2.75. The molecule has 1 N–H and O–H groups in total. The summed E-state index contributed by atoms with van der Waals surface area (Å²) in [5, 5.41) is 9.47. The van der Waals surface area contributed by atoms with Crippen LogP contribution in [0.25, 0.3) is 0 Å². The van der Waals surface area contributed by atoms with Crippen molar-refractivity contribution in [3.63, 3.8) is 0 Å². The number of nitrogens with zero attached hydrogens (tertiary/aromatic N) is 2. The molecule has 1 fully saturated rings. The first kappa shape index (κ1) is 13.1. The molecule has 0 spiro atoms. The van der Waals surface area contributed by atoms with Crippen LogP contribution in [0.4, 0.5) is 19.0 Å². The summed E-state index contributed by atoms with van der Waals surface area (Å²) in [6, 6.07) is 2.42. The first-order valence-electron chi connectivity index (χ1n) is 5.84. The van der Waals surface area contributed by atoms with Crippen molar-refractivity contribution >= 4 is 5.82 Å². The molecular formula is C12H15F3N2O. The highest BCUT2D eigenvalue weighted by Gasteiger charge is 2.31. The highest BCUT2D eigenvalue weighted by atomic mass is 19.4. The minimum Gasteiger partial charge on any atom is -0.393 e. The first-order chi connectivity index (χ1) is 8.38. The molecule has 1 aromatic rings. The molecule has 6 heteroatoms. The van der Waals surface area contributed by atoms with E-state index in [1.807, 2.05) is 4.90 Å². The zero-order chi connectivity index (χ0) is 13.3. The summed E-state index contributed by atoms with van der Waals surface area (Å²) in [5.41, 5.74) is -0.738. The van der Waals surface area contributed by atoms with E-state index in [-0.39, 0.29) is 5.92 Å². The second-order valence-corrected chi connectivity index (χ2v) is 4.64. The summed E-state index contributed by atoms with van der Waals surface area (Å²) in [5.74, 6) is 0.695. The van der Waals surface area contributed by atoms with E-state index in [0.717, 1.165) is 18.7 Å². The summed E-state index contributed by atoms with van der Waals surface area (Å²) in [4.78, 5) is 5.75. The maximum atomic E-state index is 12.4. The lowest BCUT2D eigenvalue weighted by atomic mass is 10.0. The highest BCUT2D eigenvalue weighted by molar-refractivity contribution is 5.41. The number of pyridine rings is 1. The van der Waals surface area contributed by atoms with Gasteiger partial charge in [0.2, 0.25) is 0 Å². The van der Waals surface area contributed by atoms with Crippen LogP contribution in [0.2, 0.25) is 0 Å². The highest BCUT2D eigenvalue weighted by Crippen LogP contribution is 2.30. The standard InChI is InChI=1S/C12H15F3N2O/c1-8(18)9-4-5-17(7-9)11-3-2-10(6-16-11)12(13,14)15/h2-3,6,8-9,18H,4-5,7H2,1H3. The number of rotatable bonds is 2. The van der Waals surface area contributed by atoms with Crippen LogP contribution in [0, 0.1) is 5.92 Å². The molecule has 2 atom stereocenters. The van der Waals surface area contributed by atoms with Crippen LogP contribution in [0.3, 0.4) is 0 Å². The van der Waals surface area contributed by atoms with E-state index in [2.05, 4.69) is 4.98 Å².